The number of hydrogen-bond acceptors (Lipinski definition) is 2. The lowest BCUT2D eigenvalue weighted by Gasteiger charge is -2.17. The van der Waals surface area contributed by atoms with Crippen molar-refractivity contribution < 1.29 is 23.0 Å². The first-order valence-electron chi connectivity index (χ1n) is 20.9. The van der Waals surface area contributed by atoms with E-state index in [0.717, 1.165) is 22.0 Å². The molecule has 2 heterocycles. The van der Waals surface area contributed by atoms with Crippen LogP contribution >= 0.6 is 0 Å². The molecule has 50 heavy (non-hydrogen) atoms. The third-order valence-corrected chi connectivity index (χ3v) is 8.45. The van der Waals surface area contributed by atoms with Crippen molar-refractivity contribution in [3.63, 3.8) is 0 Å². The van der Waals surface area contributed by atoms with Crippen LogP contribution in [-0.2, 0) is 0 Å². The van der Waals surface area contributed by atoms with Crippen molar-refractivity contribution in [2.24, 2.45) is 0 Å². The third-order valence-electron chi connectivity index (χ3n) is 8.45. The van der Waals surface area contributed by atoms with Gasteiger partial charge < -0.3 is 4.74 Å². The fraction of sp³-hybridized carbons (Fsp3) is 0. The van der Waals surface area contributed by atoms with E-state index in [2.05, 4.69) is 11.3 Å². The molecule has 0 amide bonds. The Labute approximate surface area is 304 Å². The highest BCUT2D eigenvalue weighted by Crippen LogP contribution is 2.35. The molecule has 0 saturated carbocycles. The maximum Gasteiger partial charge on any atom is 0.269 e. The predicted octanol–water partition coefficient (Wildman–Crippen LogP) is 11.0. The fourth-order valence-electron chi connectivity index (χ4n) is 6.25. The Hall–Kier alpha value is -6.78. The maximum absolute atomic E-state index is 8.93. The van der Waals surface area contributed by atoms with Gasteiger partial charge in [0.1, 0.15) is 11.5 Å². The van der Waals surface area contributed by atoms with E-state index >= 15 is 0 Å². The number of pyridine rings is 1. The summed E-state index contributed by atoms with van der Waals surface area (Å²) in [7, 11) is 0. The summed E-state index contributed by atoms with van der Waals surface area (Å²) in [6.07, 6.45) is 5.19. The van der Waals surface area contributed by atoms with Crippen LogP contribution in [0.4, 0.5) is 0 Å². The Balaban J connectivity index is 1.23. The molecular formula is C46H31N3O. The van der Waals surface area contributed by atoms with Gasteiger partial charge >= 0.3 is 0 Å². The Morgan fingerprint density at radius 3 is 2.04 bits per heavy atom. The van der Waals surface area contributed by atoms with Gasteiger partial charge in [0.05, 0.1) is 41.8 Å². The second-order valence-corrected chi connectivity index (χ2v) is 11.5. The minimum absolute atomic E-state index is 0.126. The van der Waals surface area contributed by atoms with Crippen molar-refractivity contribution >= 4 is 21.8 Å². The zero-order valence-electron chi connectivity index (χ0n) is 36.4. The van der Waals surface area contributed by atoms with Gasteiger partial charge in [-0.2, -0.15) is 0 Å². The van der Waals surface area contributed by atoms with Crippen molar-refractivity contribution in [2.45, 2.75) is 0 Å². The van der Waals surface area contributed by atoms with Gasteiger partial charge in [0.15, 0.2) is 0 Å². The van der Waals surface area contributed by atoms with Gasteiger partial charge in [0.2, 0.25) is 0 Å². The highest BCUT2D eigenvalue weighted by Gasteiger charge is 2.19. The fourth-order valence-corrected chi connectivity index (χ4v) is 6.25. The standard InChI is InChI=1S/C46H31N3O/c1-3-14-33(15-4-1)41-24-13-25-42(34-16-5-2-6-17-34)46(41)49-32-48(43-26-9-10-27-44(43)49)37-20-12-22-39(31-37)50-38-21-11-19-36(30-38)45-40-23-8-7-18-35(40)28-29-47-45/h1-31H/i1D,2D,3D,4D,5D,6D,14D,15D,16D,17D. The summed E-state index contributed by atoms with van der Waals surface area (Å²) in [5.41, 5.74) is 3.84. The first-order chi connectivity index (χ1) is 28.9. The lowest BCUT2D eigenvalue weighted by molar-refractivity contribution is -0.571. The van der Waals surface area contributed by atoms with E-state index in [4.69, 9.17) is 18.4 Å². The zero-order valence-corrected chi connectivity index (χ0v) is 26.4. The lowest BCUT2D eigenvalue weighted by Crippen LogP contribution is -2.31. The molecule has 0 radical (unpaired) electrons. The zero-order chi connectivity index (χ0) is 42.0. The van der Waals surface area contributed by atoms with Gasteiger partial charge in [-0.1, -0.05) is 145 Å². The number of aromatic nitrogens is 3. The number of benzene rings is 7. The molecule has 0 aliphatic carbocycles. The van der Waals surface area contributed by atoms with Gasteiger partial charge in [0, 0.05) is 17.1 Å². The van der Waals surface area contributed by atoms with Crippen LogP contribution in [0.15, 0.2) is 188 Å². The summed E-state index contributed by atoms with van der Waals surface area (Å²) in [5.74, 6) is 1.11. The molecule has 236 valence electrons. The maximum atomic E-state index is 8.93. The molecule has 9 rings (SSSR count). The number of rotatable bonds is 7. The molecule has 0 N–H and O–H groups in total. The molecular weight excluding hydrogens is 611 g/mol. The second kappa shape index (κ2) is 12.7. The Bertz CT molecular complexity index is 3070. The normalized spacial score (nSPS) is 14.0. The number of imidazole rings is 1. The molecule has 0 saturated heterocycles. The van der Waals surface area contributed by atoms with E-state index < -0.39 is 60.4 Å². The summed E-state index contributed by atoms with van der Waals surface area (Å²) >= 11 is 0. The van der Waals surface area contributed by atoms with E-state index in [1.165, 1.54) is 0 Å². The summed E-state index contributed by atoms with van der Waals surface area (Å²) < 4.78 is 96.1. The average Bonchev–Trinajstić information content (AvgIpc) is 3.66. The molecule has 0 atom stereocenters. The van der Waals surface area contributed by atoms with Gasteiger partial charge in [-0.15, -0.1) is 0 Å². The first kappa shape index (κ1) is 20.6. The quantitative estimate of drug-likeness (QED) is 0.127. The van der Waals surface area contributed by atoms with Crippen LogP contribution in [0.2, 0.25) is 0 Å². The van der Waals surface area contributed by atoms with Crippen LogP contribution in [-0.4, -0.2) is 9.55 Å². The third kappa shape index (κ3) is 5.39. The number of nitrogens with zero attached hydrogens (tertiary/aromatic N) is 3. The van der Waals surface area contributed by atoms with Gasteiger partial charge in [-0.3, -0.25) is 14.1 Å². The summed E-state index contributed by atoms with van der Waals surface area (Å²) in [6.45, 7) is 0. The topological polar surface area (TPSA) is 30.9 Å². The average molecular weight is 652 g/mol. The summed E-state index contributed by atoms with van der Waals surface area (Å²) in [6, 6.07) is 32.0. The lowest BCUT2D eigenvalue weighted by atomic mass is 9.95. The molecule has 0 aliphatic rings. The van der Waals surface area contributed by atoms with E-state index in [0.29, 0.717) is 28.2 Å². The monoisotopic (exact) mass is 651 g/mol. The van der Waals surface area contributed by atoms with Crippen LogP contribution in [0.25, 0.3) is 66.7 Å². The molecule has 0 aliphatic heterocycles. The molecule has 0 fully saturated rings. The number of para-hydroxylation sites is 3. The first-order valence-corrected chi connectivity index (χ1v) is 15.9. The SMILES string of the molecule is [2H]c1c([2H])c([2H])c(-c2cccc(-c3c([2H])c([2H])c([2H])c([2H])c3[2H])c2-[n+]2[c-]n(-c3cccc(Oc4cccc(-c5nccc6ccccc56)c4)c3)c3ccccc32)c([2H])c1[2H]. The van der Waals surface area contributed by atoms with E-state index in [1.807, 2.05) is 103 Å². The highest BCUT2D eigenvalue weighted by atomic mass is 16.5. The van der Waals surface area contributed by atoms with Crippen molar-refractivity contribution in [2.75, 3.05) is 0 Å². The molecule has 0 bridgehead atoms. The van der Waals surface area contributed by atoms with Crippen molar-refractivity contribution in [1.29, 1.82) is 0 Å². The molecule has 7 aromatic carbocycles. The summed E-state index contributed by atoms with van der Waals surface area (Å²) in [4.78, 5) is 4.67. The Morgan fingerprint density at radius 1 is 0.600 bits per heavy atom. The van der Waals surface area contributed by atoms with E-state index in [-0.39, 0.29) is 27.9 Å². The summed E-state index contributed by atoms with van der Waals surface area (Å²) in [5, 5.41) is 2.09. The second-order valence-electron chi connectivity index (χ2n) is 11.5. The van der Waals surface area contributed by atoms with Gasteiger partial charge in [-0.25, -0.2) is 0 Å². The Morgan fingerprint density at radius 2 is 1.26 bits per heavy atom. The minimum atomic E-state index is -0.563. The molecule has 2 aromatic heterocycles. The van der Waals surface area contributed by atoms with Crippen molar-refractivity contribution in [1.82, 2.24) is 9.55 Å². The molecule has 4 heteroatoms. The number of hydrogen-bond donors (Lipinski definition) is 0. The van der Waals surface area contributed by atoms with E-state index in [1.54, 1.807) is 33.5 Å². The van der Waals surface area contributed by atoms with Crippen molar-refractivity contribution in [3.8, 4) is 56.4 Å². The minimum Gasteiger partial charge on any atom is -0.458 e. The van der Waals surface area contributed by atoms with Crippen LogP contribution in [0.5, 0.6) is 11.5 Å². The molecule has 0 unspecified atom stereocenters. The highest BCUT2D eigenvalue weighted by molar-refractivity contribution is 5.94. The number of fused-ring (bicyclic) bond motifs is 2. The number of ether oxygens (including phenoxy) is 1. The van der Waals surface area contributed by atoms with Crippen LogP contribution in [0.1, 0.15) is 13.7 Å². The smallest absolute Gasteiger partial charge is 0.269 e. The predicted molar refractivity (Wildman–Crippen MR) is 202 cm³/mol. The van der Waals surface area contributed by atoms with Gasteiger partial charge in [0.25, 0.3) is 6.33 Å². The van der Waals surface area contributed by atoms with Crippen LogP contribution < -0.4 is 9.30 Å². The Kier molecular flexibility index (Phi) is 5.21. The van der Waals surface area contributed by atoms with E-state index in [9.17, 15) is 0 Å². The van der Waals surface area contributed by atoms with Gasteiger partial charge in [-0.05, 0) is 64.0 Å². The largest absolute Gasteiger partial charge is 0.458 e. The molecule has 0 spiro atoms. The molecule has 9 aromatic rings. The van der Waals surface area contributed by atoms with Crippen LogP contribution in [0, 0.1) is 6.33 Å². The van der Waals surface area contributed by atoms with Crippen LogP contribution in [0.3, 0.4) is 0 Å². The van der Waals surface area contributed by atoms with Crippen molar-refractivity contribution in [3.05, 3.63) is 194 Å². The molecule has 4 nitrogen and oxygen atoms in total.